The second-order valence-corrected chi connectivity index (χ2v) is 4.05. The number of imide groups is 1. The summed E-state index contributed by atoms with van der Waals surface area (Å²) in [5.74, 6) is -0.832. The molecular weight excluding hydrogens is 246 g/mol. The maximum atomic E-state index is 11.5. The van der Waals surface area contributed by atoms with Crippen molar-refractivity contribution in [3.8, 4) is 6.07 Å². The van der Waals surface area contributed by atoms with Gasteiger partial charge in [0, 0.05) is 18.5 Å². The van der Waals surface area contributed by atoms with Gasteiger partial charge in [-0.15, -0.1) is 0 Å². The highest BCUT2D eigenvalue weighted by molar-refractivity contribution is 6.19. The van der Waals surface area contributed by atoms with Crippen molar-refractivity contribution in [1.82, 2.24) is 0 Å². The van der Waals surface area contributed by atoms with Crippen molar-refractivity contribution < 1.29 is 14.4 Å². The van der Waals surface area contributed by atoms with Gasteiger partial charge in [0.1, 0.15) is 6.42 Å². The first-order valence-corrected chi connectivity index (χ1v) is 5.74. The highest BCUT2D eigenvalue weighted by Gasteiger charge is 2.29. The summed E-state index contributed by atoms with van der Waals surface area (Å²) in [5.41, 5.74) is 1.01. The van der Waals surface area contributed by atoms with Gasteiger partial charge in [0.25, 0.3) is 0 Å². The number of rotatable bonds is 3. The average molecular weight is 257 g/mol. The first-order chi connectivity index (χ1) is 9.11. The molecule has 0 saturated carbocycles. The van der Waals surface area contributed by atoms with E-state index in [9.17, 15) is 14.4 Å². The maximum Gasteiger partial charge on any atom is 0.238 e. The summed E-state index contributed by atoms with van der Waals surface area (Å²) >= 11 is 0. The van der Waals surface area contributed by atoms with Gasteiger partial charge in [-0.05, 0) is 24.3 Å². The van der Waals surface area contributed by atoms with E-state index in [1.165, 1.54) is 0 Å². The van der Waals surface area contributed by atoms with Crippen molar-refractivity contribution >= 4 is 29.1 Å². The van der Waals surface area contributed by atoms with Gasteiger partial charge in [-0.2, -0.15) is 5.26 Å². The van der Waals surface area contributed by atoms with Crippen molar-refractivity contribution in [3.63, 3.8) is 0 Å². The molecule has 0 unspecified atom stereocenters. The zero-order chi connectivity index (χ0) is 13.8. The normalized spacial score (nSPS) is 14.4. The fraction of sp³-hybridized carbons (Fsp3) is 0.231. The Kier molecular flexibility index (Phi) is 3.57. The molecule has 1 aromatic carbocycles. The highest BCUT2D eigenvalue weighted by Crippen LogP contribution is 2.23. The second kappa shape index (κ2) is 5.31. The van der Waals surface area contributed by atoms with E-state index < -0.39 is 5.91 Å². The van der Waals surface area contributed by atoms with Gasteiger partial charge in [-0.3, -0.25) is 19.3 Å². The van der Waals surface area contributed by atoms with Crippen LogP contribution >= 0.6 is 0 Å². The van der Waals surface area contributed by atoms with Crippen LogP contribution in [0.15, 0.2) is 24.3 Å². The van der Waals surface area contributed by atoms with Crippen LogP contribution in [0.3, 0.4) is 0 Å². The Morgan fingerprint density at radius 2 is 1.79 bits per heavy atom. The van der Waals surface area contributed by atoms with Gasteiger partial charge in [0.2, 0.25) is 17.7 Å². The highest BCUT2D eigenvalue weighted by atomic mass is 16.2. The maximum absolute atomic E-state index is 11.5. The number of anilines is 2. The third-order valence-corrected chi connectivity index (χ3v) is 2.70. The lowest BCUT2D eigenvalue weighted by Gasteiger charge is -2.14. The van der Waals surface area contributed by atoms with E-state index in [-0.39, 0.29) is 31.1 Å². The van der Waals surface area contributed by atoms with Crippen LogP contribution in [0.2, 0.25) is 0 Å². The van der Waals surface area contributed by atoms with Crippen molar-refractivity contribution in [2.24, 2.45) is 0 Å². The zero-order valence-electron chi connectivity index (χ0n) is 10.0. The lowest BCUT2D eigenvalue weighted by atomic mass is 10.2. The monoisotopic (exact) mass is 257 g/mol. The summed E-state index contributed by atoms with van der Waals surface area (Å²) in [7, 11) is 0. The molecule has 1 fully saturated rings. The Hall–Kier alpha value is -2.68. The van der Waals surface area contributed by atoms with Crippen molar-refractivity contribution in [3.05, 3.63) is 24.3 Å². The molecule has 1 saturated heterocycles. The van der Waals surface area contributed by atoms with Gasteiger partial charge in [0.05, 0.1) is 11.8 Å². The predicted octanol–water partition coefficient (Wildman–Crippen LogP) is 1.19. The van der Waals surface area contributed by atoms with Crippen LogP contribution in [0.5, 0.6) is 0 Å². The number of carbonyl (C=O) groups excluding carboxylic acids is 3. The minimum Gasteiger partial charge on any atom is -0.325 e. The van der Waals surface area contributed by atoms with Gasteiger partial charge >= 0.3 is 0 Å². The lowest BCUT2D eigenvalue weighted by Crippen LogP contribution is -2.28. The number of amides is 3. The molecule has 1 aliphatic rings. The van der Waals surface area contributed by atoms with Crippen LogP contribution < -0.4 is 10.2 Å². The third-order valence-electron chi connectivity index (χ3n) is 2.70. The van der Waals surface area contributed by atoms with E-state index in [0.29, 0.717) is 11.4 Å². The number of carbonyl (C=O) groups is 3. The van der Waals surface area contributed by atoms with E-state index in [1.54, 1.807) is 30.3 Å². The molecule has 2 rings (SSSR count). The fourth-order valence-electron chi connectivity index (χ4n) is 1.84. The Morgan fingerprint density at radius 1 is 1.21 bits per heavy atom. The van der Waals surface area contributed by atoms with Crippen LogP contribution in [0.1, 0.15) is 19.3 Å². The standard InChI is InChI=1S/C13H11N3O3/c14-8-7-11(17)15-9-1-3-10(4-2-9)16-12(18)5-6-13(16)19/h1-4H,5-7H2,(H,15,17). The third kappa shape index (κ3) is 2.77. The van der Waals surface area contributed by atoms with Crippen molar-refractivity contribution in [1.29, 1.82) is 5.26 Å². The molecule has 1 heterocycles. The largest absolute Gasteiger partial charge is 0.325 e. The smallest absolute Gasteiger partial charge is 0.238 e. The predicted molar refractivity (Wildman–Crippen MR) is 67.0 cm³/mol. The number of nitrogens with one attached hydrogen (secondary N) is 1. The van der Waals surface area contributed by atoms with Gasteiger partial charge in [0.15, 0.2) is 0 Å². The van der Waals surface area contributed by atoms with E-state index >= 15 is 0 Å². The van der Waals surface area contributed by atoms with Crippen molar-refractivity contribution in [2.45, 2.75) is 19.3 Å². The Bertz CT molecular complexity index is 556. The molecule has 0 atom stereocenters. The van der Waals surface area contributed by atoms with Crippen LogP contribution in [0, 0.1) is 11.3 Å². The Labute approximate surface area is 109 Å². The number of hydrogen-bond acceptors (Lipinski definition) is 4. The molecule has 19 heavy (non-hydrogen) atoms. The van der Waals surface area contributed by atoms with Crippen molar-refractivity contribution in [2.75, 3.05) is 10.2 Å². The molecule has 3 amide bonds. The zero-order valence-corrected chi connectivity index (χ0v) is 10.0. The van der Waals surface area contributed by atoms with Gasteiger partial charge < -0.3 is 5.32 Å². The Morgan fingerprint density at radius 3 is 2.32 bits per heavy atom. The molecule has 0 bridgehead atoms. The summed E-state index contributed by atoms with van der Waals surface area (Å²) < 4.78 is 0. The fourth-order valence-corrected chi connectivity index (χ4v) is 1.84. The SMILES string of the molecule is N#CCC(=O)Nc1ccc(N2C(=O)CCC2=O)cc1. The minimum atomic E-state index is -0.399. The van der Waals surface area contributed by atoms with Gasteiger partial charge in [-0.1, -0.05) is 0 Å². The number of nitriles is 1. The summed E-state index contributed by atoms with van der Waals surface area (Å²) in [6, 6.07) is 8.09. The molecule has 6 heteroatoms. The quantitative estimate of drug-likeness (QED) is 0.823. The van der Waals surface area contributed by atoms with Crippen LogP contribution in [0.25, 0.3) is 0 Å². The Balaban J connectivity index is 2.11. The molecule has 0 aliphatic carbocycles. The summed E-state index contributed by atoms with van der Waals surface area (Å²) in [4.78, 5) is 35.4. The molecule has 1 aromatic rings. The topological polar surface area (TPSA) is 90.3 Å². The summed E-state index contributed by atoms with van der Waals surface area (Å²) in [6.07, 6.45) is 0.254. The number of nitrogens with zero attached hydrogens (tertiary/aromatic N) is 2. The van der Waals surface area contributed by atoms with E-state index in [4.69, 9.17) is 5.26 Å². The minimum absolute atomic E-state index is 0.216. The molecule has 1 aliphatic heterocycles. The lowest BCUT2D eigenvalue weighted by molar-refractivity contribution is -0.121. The first-order valence-electron chi connectivity index (χ1n) is 5.74. The number of benzene rings is 1. The van der Waals surface area contributed by atoms with E-state index in [2.05, 4.69) is 5.32 Å². The van der Waals surface area contributed by atoms with E-state index in [1.807, 2.05) is 0 Å². The number of hydrogen-bond donors (Lipinski definition) is 1. The molecule has 0 radical (unpaired) electrons. The van der Waals surface area contributed by atoms with Crippen LogP contribution in [-0.2, 0) is 14.4 Å². The summed E-state index contributed by atoms with van der Waals surface area (Å²) in [5, 5.41) is 10.9. The second-order valence-electron chi connectivity index (χ2n) is 4.05. The molecule has 1 N–H and O–H groups in total. The van der Waals surface area contributed by atoms with Crippen LogP contribution in [-0.4, -0.2) is 17.7 Å². The molecule has 0 spiro atoms. The first kappa shape index (κ1) is 12.8. The van der Waals surface area contributed by atoms with E-state index in [0.717, 1.165) is 4.90 Å². The van der Waals surface area contributed by atoms with Gasteiger partial charge in [-0.25, -0.2) is 0 Å². The molecule has 6 nitrogen and oxygen atoms in total. The molecular formula is C13H11N3O3. The summed E-state index contributed by atoms with van der Waals surface area (Å²) in [6.45, 7) is 0. The molecule has 0 aromatic heterocycles. The molecule has 96 valence electrons. The van der Waals surface area contributed by atoms with Crippen LogP contribution in [0.4, 0.5) is 11.4 Å². The average Bonchev–Trinajstić information content (AvgIpc) is 2.71.